The van der Waals surface area contributed by atoms with Crippen LogP contribution in [0.15, 0.2) is 42.5 Å². The van der Waals surface area contributed by atoms with Gasteiger partial charge in [0.15, 0.2) is 0 Å². The van der Waals surface area contributed by atoms with E-state index < -0.39 is 0 Å². The Balaban J connectivity index is 1.97. The molecule has 0 aromatic heterocycles. The second-order valence-electron chi connectivity index (χ2n) is 4.89. The number of nitrogens with two attached hydrogens (primary N) is 1. The highest BCUT2D eigenvalue weighted by atomic mass is 16.5. The smallest absolute Gasteiger partial charge is 0.251 e. The quantitative estimate of drug-likeness (QED) is 0.829. The fourth-order valence-corrected chi connectivity index (χ4v) is 2.20. The molecule has 2 aromatic rings. The van der Waals surface area contributed by atoms with Crippen LogP contribution < -0.4 is 15.8 Å². The lowest BCUT2D eigenvalue weighted by Crippen LogP contribution is -2.26. The number of methoxy groups -OCH3 is 1. The van der Waals surface area contributed by atoms with Gasteiger partial charge in [0.1, 0.15) is 5.75 Å². The third kappa shape index (κ3) is 3.75. The first kappa shape index (κ1) is 14.9. The molecule has 0 saturated carbocycles. The summed E-state index contributed by atoms with van der Waals surface area (Å²) in [6, 6.07) is 13.1. The lowest BCUT2D eigenvalue weighted by atomic mass is 10.1. The lowest BCUT2D eigenvalue weighted by molar-refractivity contribution is 0.0953. The number of amides is 1. The van der Waals surface area contributed by atoms with Crippen LogP contribution in [0.1, 0.15) is 21.5 Å². The summed E-state index contributed by atoms with van der Waals surface area (Å²) in [7, 11) is 1.65. The molecule has 0 radical (unpaired) electrons. The van der Waals surface area contributed by atoms with Crippen molar-refractivity contribution in [1.29, 1.82) is 0 Å². The molecule has 0 aliphatic rings. The van der Waals surface area contributed by atoms with Crippen molar-refractivity contribution in [3.63, 3.8) is 0 Å². The number of carbonyl (C=O) groups excluding carboxylic acids is 1. The van der Waals surface area contributed by atoms with Gasteiger partial charge < -0.3 is 15.8 Å². The zero-order valence-corrected chi connectivity index (χ0v) is 12.3. The summed E-state index contributed by atoms with van der Waals surface area (Å²) in [5, 5.41) is 2.92. The number of carbonyl (C=O) groups is 1. The Bertz CT molecular complexity index is 638. The second kappa shape index (κ2) is 6.79. The molecule has 0 atom stereocenters. The molecule has 4 nitrogen and oxygen atoms in total. The molecule has 4 heteroatoms. The number of aryl methyl sites for hydroxylation is 1. The van der Waals surface area contributed by atoms with Crippen molar-refractivity contribution in [1.82, 2.24) is 5.32 Å². The highest BCUT2D eigenvalue weighted by Crippen LogP contribution is 2.17. The van der Waals surface area contributed by atoms with Gasteiger partial charge in [-0.05, 0) is 42.7 Å². The van der Waals surface area contributed by atoms with Crippen molar-refractivity contribution in [3.05, 3.63) is 59.2 Å². The van der Waals surface area contributed by atoms with Crippen molar-refractivity contribution < 1.29 is 9.53 Å². The average Bonchev–Trinajstić information content (AvgIpc) is 2.50. The molecular formula is C17H20N2O2. The molecule has 0 spiro atoms. The number of nitrogen functional groups attached to an aromatic ring is 1. The van der Waals surface area contributed by atoms with Crippen LogP contribution in [0.25, 0.3) is 0 Å². The van der Waals surface area contributed by atoms with Crippen LogP contribution in [-0.4, -0.2) is 19.6 Å². The minimum absolute atomic E-state index is 0.102. The average molecular weight is 284 g/mol. The topological polar surface area (TPSA) is 64.3 Å². The van der Waals surface area contributed by atoms with E-state index in [9.17, 15) is 4.79 Å². The predicted molar refractivity (Wildman–Crippen MR) is 84.6 cm³/mol. The van der Waals surface area contributed by atoms with Gasteiger partial charge in [-0.25, -0.2) is 0 Å². The highest BCUT2D eigenvalue weighted by molar-refractivity contribution is 5.96. The summed E-state index contributed by atoms with van der Waals surface area (Å²) >= 11 is 0. The van der Waals surface area contributed by atoms with E-state index in [1.165, 1.54) is 0 Å². The van der Waals surface area contributed by atoms with Crippen molar-refractivity contribution in [2.24, 2.45) is 0 Å². The van der Waals surface area contributed by atoms with E-state index >= 15 is 0 Å². The normalized spacial score (nSPS) is 10.2. The van der Waals surface area contributed by atoms with Crippen LogP contribution >= 0.6 is 0 Å². The standard InChI is InChI=1S/C17H20N2O2/c1-12-7-8-14(18)11-15(12)17(20)19-10-9-13-5-3-4-6-16(13)21-2/h3-8,11H,9-10,18H2,1-2H3,(H,19,20). The molecule has 2 aromatic carbocycles. The Morgan fingerprint density at radius 2 is 2.00 bits per heavy atom. The van der Waals surface area contributed by atoms with Crippen LogP contribution in [0.5, 0.6) is 5.75 Å². The van der Waals surface area contributed by atoms with Gasteiger partial charge in [0.2, 0.25) is 0 Å². The van der Waals surface area contributed by atoms with E-state index in [-0.39, 0.29) is 5.91 Å². The number of nitrogens with one attached hydrogen (secondary N) is 1. The zero-order valence-electron chi connectivity index (χ0n) is 12.3. The number of hydrogen-bond donors (Lipinski definition) is 2. The maximum absolute atomic E-state index is 12.2. The summed E-state index contributed by atoms with van der Waals surface area (Å²) in [5.74, 6) is 0.738. The van der Waals surface area contributed by atoms with Gasteiger partial charge >= 0.3 is 0 Å². The fraction of sp³-hybridized carbons (Fsp3) is 0.235. The molecule has 0 unspecified atom stereocenters. The SMILES string of the molecule is COc1ccccc1CCNC(=O)c1cc(N)ccc1C. The number of hydrogen-bond acceptors (Lipinski definition) is 3. The first-order chi connectivity index (χ1) is 10.1. The van der Waals surface area contributed by atoms with Crippen LogP contribution in [0.4, 0.5) is 5.69 Å². The van der Waals surface area contributed by atoms with Crippen LogP contribution in [0, 0.1) is 6.92 Å². The van der Waals surface area contributed by atoms with E-state index in [1.807, 2.05) is 37.3 Å². The van der Waals surface area contributed by atoms with Gasteiger partial charge in [-0.3, -0.25) is 4.79 Å². The van der Waals surface area contributed by atoms with Gasteiger partial charge in [0.05, 0.1) is 7.11 Å². The van der Waals surface area contributed by atoms with Crippen LogP contribution in [-0.2, 0) is 6.42 Å². The van der Waals surface area contributed by atoms with Crippen LogP contribution in [0.2, 0.25) is 0 Å². The van der Waals surface area contributed by atoms with Crippen molar-refractivity contribution in [3.8, 4) is 5.75 Å². The van der Waals surface area contributed by atoms with Crippen molar-refractivity contribution >= 4 is 11.6 Å². The van der Waals surface area contributed by atoms with Gasteiger partial charge in [0, 0.05) is 17.8 Å². The Morgan fingerprint density at radius 1 is 1.24 bits per heavy atom. The Morgan fingerprint density at radius 3 is 2.76 bits per heavy atom. The fourth-order valence-electron chi connectivity index (χ4n) is 2.20. The highest BCUT2D eigenvalue weighted by Gasteiger charge is 2.09. The lowest BCUT2D eigenvalue weighted by Gasteiger charge is -2.10. The molecule has 0 fully saturated rings. The minimum Gasteiger partial charge on any atom is -0.496 e. The maximum atomic E-state index is 12.2. The number of para-hydroxylation sites is 1. The summed E-state index contributed by atoms with van der Waals surface area (Å²) in [6.07, 6.45) is 0.719. The molecular weight excluding hydrogens is 264 g/mol. The Labute approximate surface area is 124 Å². The van der Waals surface area contributed by atoms with Crippen molar-refractivity contribution in [2.75, 3.05) is 19.4 Å². The number of rotatable bonds is 5. The Kier molecular flexibility index (Phi) is 4.82. The Hall–Kier alpha value is -2.49. The third-order valence-corrected chi connectivity index (χ3v) is 3.38. The van der Waals surface area contributed by atoms with Crippen LogP contribution in [0.3, 0.4) is 0 Å². The van der Waals surface area contributed by atoms with Gasteiger partial charge in [0.25, 0.3) is 5.91 Å². The minimum atomic E-state index is -0.102. The largest absolute Gasteiger partial charge is 0.496 e. The number of anilines is 1. The first-order valence-corrected chi connectivity index (χ1v) is 6.88. The van der Waals surface area contributed by atoms with Gasteiger partial charge in [-0.2, -0.15) is 0 Å². The van der Waals surface area contributed by atoms with E-state index in [4.69, 9.17) is 10.5 Å². The van der Waals surface area contributed by atoms with E-state index in [0.29, 0.717) is 17.8 Å². The molecule has 110 valence electrons. The molecule has 0 heterocycles. The van der Waals surface area contributed by atoms with Gasteiger partial charge in [-0.1, -0.05) is 24.3 Å². The molecule has 0 bridgehead atoms. The summed E-state index contributed by atoms with van der Waals surface area (Å²) in [4.78, 5) is 12.2. The zero-order chi connectivity index (χ0) is 15.2. The maximum Gasteiger partial charge on any atom is 0.251 e. The molecule has 0 aliphatic heterocycles. The molecule has 3 N–H and O–H groups in total. The monoisotopic (exact) mass is 284 g/mol. The molecule has 1 amide bonds. The van der Waals surface area contributed by atoms with E-state index in [2.05, 4.69) is 5.32 Å². The first-order valence-electron chi connectivity index (χ1n) is 6.88. The predicted octanol–water partition coefficient (Wildman–Crippen LogP) is 2.56. The number of ether oxygens (including phenoxy) is 1. The summed E-state index contributed by atoms with van der Waals surface area (Å²) in [6.45, 7) is 2.45. The summed E-state index contributed by atoms with van der Waals surface area (Å²) < 4.78 is 5.29. The number of benzene rings is 2. The second-order valence-corrected chi connectivity index (χ2v) is 4.89. The molecule has 2 rings (SSSR count). The van der Waals surface area contributed by atoms with Crippen molar-refractivity contribution in [2.45, 2.75) is 13.3 Å². The molecule has 21 heavy (non-hydrogen) atoms. The van der Waals surface area contributed by atoms with E-state index in [1.54, 1.807) is 19.2 Å². The third-order valence-electron chi connectivity index (χ3n) is 3.38. The molecule has 0 saturated heterocycles. The van der Waals surface area contributed by atoms with Gasteiger partial charge in [-0.15, -0.1) is 0 Å². The summed E-state index contributed by atoms with van der Waals surface area (Å²) in [5.41, 5.74) is 8.93. The molecule has 0 aliphatic carbocycles. The van der Waals surface area contributed by atoms with E-state index in [0.717, 1.165) is 23.3 Å².